The molecule has 0 saturated carbocycles. The number of hydrogen-bond acceptors (Lipinski definition) is 4. The third-order valence-electron chi connectivity index (χ3n) is 4.63. The smallest absolute Gasteiger partial charge is 0.261 e. The molecule has 1 spiro atoms. The van der Waals surface area contributed by atoms with Gasteiger partial charge in [0.25, 0.3) is 5.79 Å². The zero-order valence-electron chi connectivity index (χ0n) is 13.0. The van der Waals surface area contributed by atoms with E-state index < -0.39 is 5.79 Å². The fourth-order valence-electron chi connectivity index (χ4n) is 3.47. The molecule has 2 aliphatic heterocycles. The number of hydrogen-bond donors (Lipinski definition) is 0. The molecule has 4 nitrogen and oxygen atoms in total. The predicted octanol–water partition coefficient (Wildman–Crippen LogP) is 3.16. The number of ether oxygens (including phenoxy) is 3. The third-order valence-corrected chi connectivity index (χ3v) is 4.63. The molecule has 2 heterocycles. The summed E-state index contributed by atoms with van der Waals surface area (Å²) < 4.78 is 17.9. The number of carbonyl (C=O) groups is 1. The third kappa shape index (κ3) is 1.87. The van der Waals surface area contributed by atoms with Crippen LogP contribution in [-0.2, 0) is 24.8 Å². The molecule has 0 bridgehead atoms. The van der Waals surface area contributed by atoms with Crippen molar-refractivity contribution in [1.29, 1.82) is 0 Å². The van der Waals surface area contributed by atoms with Gasteiger partial charge in [0.1, 0.15) is 11.4 Å². The van der Waals surface area contributed by atoms with Crippen LogP contribution in [0.3, 0.4) is 0 Å². The fourth-order valence-corrected chi connectivity index (χ4v) is 3.47. The summed E-state index contributed by atoms with van der Waals surface area (Å²) in [6.07, 6.45) is 2.33. The fraction of sp³-hybridized carbons (Fsp3) is 0.500. The summed E-state index contributed by atoms with van der Waals surface area (Å²) in [6, 6.07) is 7.77. The minimum Gasteiger partial charge on any atom is -0.487 e. The molecule has 0 aromatic heterocycles. The molecule has 1 aromatic carbocycles. The molecule has 3 aliphatic rings. The van der Waals surface area contributed by atoms with E-state index in [-0.39, 0.29) is 11.4 Å². The summed E-state index contributed by atoms with van der Waals surface area (Å²) in [4.78, 5) is 13.1. The van der Waals surface area contributed by atoms with Crippen LogP contribution in [0.5, 0.6) is 0 Å². The molecule has 0 N–H and O–H groups in total. The Balaban J connectivity index is 1.92. The van der Waals surface area contributed by atoms with Gasteiger partial charge in [0.2, 0.25) is 5.78 Å². The first kappa shape index (κ1) is 14.0. The Labute approximate surface area is 130 Å². The van der Waals surface area contributed by atoms with E-state index in [0.717, 1.165) is 24.0 Å². The Morgan fingerprint density at radius 3 is 2.59 bits per heavy atom. The van der Waals surface area contributed by atoms with Crippen molar-refractivity contribution in [3.8, 4) is 0 Å². The number of rotatable bonds is 0. The predicted molar refractivity (Wildman–Crippen MR) is 81.0 cm³/mol. The second-order valence-corrected chi connectivity index (χ2v) is 6.71. The standard InChI is InChI=1S/C18H20O4/c1-17(2)9-8-13-15(22-17)12-6-3-4-7-14(12)18(16(13)19)20-10-5-11-21-18/h3-4,6-7H,5,8-11H2,1-2H3. The molecule has 0 atom stereocenters. The molecule has 4 heteroatoms. The van der Waals surface area contributed by atoms with Gasteiger partial charge in [-0.1, -0.05) is 24.3 Å². The van der Waals surface area contributed by atoms with Gasteiger partial charge in [0.05, 0.1) is 13.2 Å². The van der Waals surface area contributed by atoms with Crippen LogP contribution in [-0.4, -0.2) is 24.6 Å². The van der Waals surface area contributed by atoms with Crippen molar-refractivity contribution >= 4 is 11.5 Å². The molecule has 0 unspecified atom stereocenters. The normalized spacial score (nSPS) is 25.5. The summed E-state index contributed by atoms with van der Waals surface area (Å²) in [6.45, 7) is 5.19. The van der Waals surface area contributed by atoms with E-state index >= 15 is 0 Å². The maximum Gasteiger partial charge on any atom is 0.261 e. The molecule has 1 saturated heterocycles. The molecule has 22 heavy (non-hydrogen) atoms. The van der Waals surface area contributed by atoms with Crippen molar-refractivity contribution in [2.24, 2.45) is 0 Å². The van der Waals surface area contributed by atoms with Crippen LogP contribution in [0.2, 0.25) is 0 Å². The molecule has 1 aromatic rings. The van der Waals surface area contributed by atoms with Crippen LogP contribution < -0.4 is 0 Å². The Bertz CT molecular complexity index is 665. The average Bonchev–Trinajstić information content (AvgIpc) is 2.53. The first-order valence-corrected chi connectivity index (χ1v) is 7.88. The average molecular weight is 300 g/mol. The quantitative estimate of drug-likeness (QED) is 0.738. The number of carbonyl (C=O) groups excluding carboxylic acids is 1. The van der Waals surface area contributed by atoms with Gasteiger partial charge in [-0.15, -0.1) is 0 Å². The lowest BCUT2D eigenvalue weighted by molar-refractivity contribution is -0.259. The van der Waals surface area contributed by atoms with E-state index in [1.54, 1.807) is 0 Å². The topological polar surface area (TPSA) is 44.8 Å². The van der Waals surface area contributed by atoms with Crippen molar-refractivity contribution in [3.05, 3.63) is 41.0 Å². The largest absolute Gasteiger partial charge is 0.487 e. The lowest BCUT2D eigenvalue weighted by Gasteiger charge is -2.44. The van der Waals surface area contributed by atoms with Crippen molar-refractivity contribution in [1.82, 2.24) is 0 Å². The highest BCUT2D eigenvalue weighted by atomic mass is 16.7. The van der Waals surface area contributed by atoms with E-state index in [4.69, 9.17) is 14.2 Å². The summed E-state index contributed by atoms with van der Waals surface area (Å²) in [7, 11) is 0. The van der Waals surface area contributed by atoms with Crippen LogP contribution >= 0.6 is 0 Å². The van der Waals surface area contributed by atoms with Gasteiger partial charge >= 0.3 is 0 Å². The van der Waals surface area contributed by atoms with Gasteiger partial charge in [-0.25, -0.2) is 0 Å². The van der Waals surface area contributed by atoms with Crippen molar-refractivity contribution in [3.63, 3.8) is 0 Å². The monoisotopic (exact) mass is 300 g/mol. The second kappa shape index (κ2) is 4.67. The van der Waals surface area contributed by atoms with Crippen molar-refractivity contribution < 1.29 is 19.0 Å². The Morgan fingerprint density at radius 1 is 1.09 bits per heavy atom. The lowest BCUT2D eigenvalue weighted by atomic mass is 9.79. The SMILES string of the molecule is CC1(C)CCC2=C(O1)c1ccccc1C1(OCCCO1)C2=O. The zero-order valence-corrected chi connectivity index (χ0v) is 13.0. The second-order valence-electron chi connectivity index (χ2n) is 6.71. The molecule has 116 valence electrons. The van der Waals surface area contributed by atoms with Crippen LogP contribution in [0.25, 0.3) is 5.76 Å². The summed E-state index contributed by atoms with van der Waals surface area (Å²) in [5.74, 6) is -0.643. The molecule has 0 amide bonds. The number of fused-ring (bicyclic) bond motifs is 3. The number of Topliss-reactive ketones (excluding diaryl/α,β-unsaturated/α-hetero) is 1. The Morgan fingerprint density at radius 2 is 1.82 bits per heavy atom. The van der Waals surface area contributed by atoms with Gasteiger partial charge < -0.3 is 14.2 Å². The minimum absolute atomic E-state index is 0.0867. The van der Waals surface area contributed by atoms with E-state index in [1.807, 2.05) is 24.3 Å². The van der Waals surface area contributed by atoms with Gasteiger partial charge in [0.15, 0.2) is 0 Å². The van der Waals surface area contributed by atoms with E-state index in [0.29, 0.717) is 31.0 Å². The molecule has 4 rings (SSSR count). The first-order chi connectivity index (χ1) is 10.5. The highest BCUT2D eigenvalue weighted by Crippen LogP contribution is 2.48. The number of benzene rings is 1. The molecular formula is C18H20O4. The molecular weight excluding hydrogens is 280 g/mol. The molecule has 1 aliphatic carbocycles. The minimum atomic E-state index is -1.27. The van der Waals surface area contributed by atoms with Gasteiger partial charge in [0, 0.05) is 16.7 Å². The summed E-state index contributed by atoms with van der Waals surface area (Å²) in [5, 5.41) is 0. The molecule has 0 radical (unpaired) electrons. The van der Waals surface area contributed by atoms with Crippen molar-refractivity contribution in [2.45, 2.75) is 44.5 Å². The van der Waals surface area contributed by atoms with E-state index in [2.05, 4.69) is 13.8 Å². The summed E-state index contributed by atoms with van der Waals surface area (Å²) >= 11 is 0. The maximum absolute atomic E-state index is 13.1. The van der Waals surface area contributed by atoms with Gasteiger partial charge in [-0.3, -0.25) is 4.79 Å². The van der Waals surface area contributed by atoms with Crippen molar-refractivity contribution in [2.75, 3.05) is 13.2 Å². The van der Waals surface area contributed by atoms with Gasteiger partial charge in [-0.2, -0.15) is 0 Å². The lowest BCUT2D eigenvalue weighted by Crippen LogP contribution is -2.49. The van der Waals surface area contributed by atoms with Crippen LogP contribution in [0, 0.1) is 0 Å². The van der Waals surface area contributed by atoms with Gasteiger partial charge in [-0.05, 0) is 33.1 Å². The summed E-state index contributed by atoms with van der Waals surface area (Å²) in [5.41, 5.74) is 2.15. The number of ketones is 1. The Kier molecular flexibility index (Phi) is 2.97. The Hall–Kier alpha value is -1.65. The van der Waals surface area contributed by atoms with Crippen LogP contribution in [0.1, 0.15) is 44.2 Å². The highest BCUT2D eigenvalue weighted by molar-refractivity contribution is 6.10. The van der Waals surface area contributed by atoms with E-state index in [9.17, 15) is 4.79 Å². The van der Waals surface area contributed by atoms with Crippen LogP contribution in [0.15, 0.2) is 29.8 Å². The first-order valence-electron chi connectivity index (χ1n) is 7.88. The maximum atomic E-state index is 13.1. The molecule has 1 fully saturated rings. The zero-order chi connectivity index (χ0) is 15.4. The van der Waals surface area contributed by atoms with E-state index in [1.165, 1.54) is 0 Å². The highest BCUT2D eigenvalue weighted by Gasteiger charge is 2.53. The van der Waals surface area contributed by atoms with Crippen LogP contribution in [0.4, 0.5) is 0 Å².